The molecular weight excluding hydrogens is 417 g/mol. The van der Waals surface area contributed by atoms with Gasteiger partial charge in [0.15, 0.2) is 0 Å². The molecule has 0 spiro atoms. The maximum absolute atomic E-state index is 14.2. The summed E-state index contributed by atoms with van der Waals surface area (Å²) in [6.07, 6.45) is 7.27. The molecule has 0 aliphatic carbocycles. The molecular formula is C26H35F3O3. The van der Waals surface area contributed by atoms with Gasteiger partial charge in [-0.25, -0.2) is 13.2 Å². The molecule has 32 heavy (non-hydrogen) atoms. The van der Waals surface area contributed by atoms with Crippen LogP contribution in [0.25, 0.3) is 11.1 Å². The van der Waals surface area contributed by atoms with Crippen LogP contribution in [0.15, 0.2) is 36.4 Å². The summed E-state index contributed by atoms with van der Waals surface area (Å²) in [5, 5.41) is 11.2. The summed E-state index contributed by atoms with van der Waals surface area (Å²) < 4.78 is 52.9. The molecule has 3 nitrogen and oxygen atoms in total. The van der Waals surface area contributed by atoms with Gasteiger partial charge in [0.05, 0.1) is 11.5 Å². The van der Waals surface area contributed by atoms with E-state index in [1.165, 1.54) is 19.3 Å². The fourth-order valence-electron chi connectivity index (χ4n) is 4.05. The van der Waals surface area contributed by atoms with Crippen LogP contribution < -0.4 is 0 Å². The first-order chi connectivity index (χ1) is 15.4. The van der Waals surface area contributed by atoms with E-state index in [-0.39, 0.29) is 18.8 Å². The highest BCUT2D eigenvalue weighted by molar-refractivity contribution is 5.65. The number of aliphatic hydroxyl groups is 1. The van der Waals surface area contributed by atoms with E-state index in [4.69, 9.17) is 9.47 Å². The first-order valence-corrected chi connectivity index (χ1v) is 11.6. The predicted molar refractivity (Wildman–Crippen MR) is 121 cm³/mol. The number of halogens is 3. The summed E-state index contributed by atoms with van der Waals surface area (Å²) >= 11 is 0. The Morgan fingerprint density at radius 2 is 1.34 bits per heavy atom. The van der Waals surface area contributed by atoms with Gasteiger partial charge in [-0.05, 0) is 31.4 Å². The Morgan fingerprint density at radius 1 is 0.812 bits per heavy atom. The highest BCUT2D eigenvalue weighted by atomic mass is 19.1. The zero-order chi connectivity index (χ0) is 23.6. The molecule has 0 radical (unpaired) electrons. The maximum atomic E-state index is 14.2. The van der Waals surface area contributed by atoms with Gasteiger partial charge in [0.2, 0.25) is 0 Å². The van der Waals surface area contributed by atoms with Crippen LogP contribution in [0.2, 0.25) is 0 Å². The molecule has 0 amide bonds. The smallest absolute Gasteiger partial charge is 0.287 e. The number of unbranched alkanes of at least 4 members (excludes halogenated alkanes) is 5. The average molecular weight is 453 g/mol. The molecule has 2 rings (SSSR count). The average Bonchev–Trinajstić information content (AvgIpc) is 2.73. The summed E-state index contributed by atoms with van der Waals surface area (Å²) in [6, 6.07) is 7.89. The fourth-order valence-corrected chi connectivity index (χ4v) is 4.05. The van der Waals surface area contributed by atoms with E-state index in [0.29, 0.717) is 24.1 Å². The number of hydrogen-bond donors (Lipinski definition) is 1. The molecule has 2 aromatic rings. The van der Waals surface area contributed by atoms with E-state index in [9.17, 15) is 18.3 Å². The SMILES string of the molecule is CCCCCCCCC(c1ccc(-c2c(F)cc(F)cc2F)cc1)C(O)(OCC)OCC. The van der Waals surface area contributed by atoms with Gasteiger partial charge < -0.3 is 14.6 Å². The van der Waals surface area contributed by atoms with Crippen LogP contribution in [-0.4, -0.2) is 24.3 Å². The zero-order valence-electron chi connectivity index (χ0n) is 19.3. The molecule has 0 bridgehead atoms. The topological polar surface area (TPSA) is 38.7 Å². The summed E-state index contributed by atoms with van der Waals surface area (Å²) in [7, 11) is 0. The molecule has 0 fully saturated rings. The van der Waals surface area contributed by atoms with E-state index in [2.05, 4.69) is 6.92 Å². The van der Waals surface area contributed by atoms with Gasteiger partial charge in [-0.1, -0.05) is 69.7 Å². The van der Waals surface area contributed by atoms with Gasteiger partial charge in [-0.15, -0.1) is 0 Å². The molecule has 0 saturated heterocycles. The van der Waals surface area contributed by atoms with Gasteiger partial charge >= 0.3 is 0 Å². The molecule has 1 unspecified atom stereocenters. The molecule has 1 atom stereocenters. The Morgan fingerprint density at radius 3 is 1.88 bits per heavy atom. The molecule has 6 heteroatoms. The highest BCUT2D eigenvalue weighted by Crippen LogP contribution is 2.37. The summed E-state index contributed by atoms with van der Waals surface area (Å²) in [6.45, 7) is 6.29. The van der Waals surface area contributed by atoms with Gasteiger partial charge in [-0.3, -0.25) is 0 Å². The molecule has 178 valence electrons. The number of rotatable bonds is 14. The number of ether oxygens (including phenoxy) is 2. The normalized spacial score (nSPS) is 12.8. The van der Waals surface area contributed by atoms with Crippen molar-refractivity contribution >= 4 is 0 Å². The van der Waals surface area contributed by atoms with E-state index in [1.807, 2.05) is 0 Å². The van der Waals surface area contributed by atoms with Crippen LogP contribution in [0.5, 0.6) is 0 Å². The minimum absolute atomic E-state index is 0.271. The van der Waals surface area contributed by atoms with Crippen LogP contribution in [0.4, 0.5) is 13.2 Å². The Bertz CT molecular complexity index is 795. The van der Waals surface area contributed by atoms with Crippen LogP contribution >= 0.6 is 0 Å². The van der Waals surface area contributed by atoms with Crippen molar-refractivity contribution in [3.8, 4) is 11.1 Å². The second-order valence-corrected chi connectivity index (χ2v) is 7.97. The molecule has 0 heterocycles. The Balaban J connectivity index is 2.28. The lowest BCUT2D eigenvalue weighted by molar-refractivity contribution is -0.370. The second-order valence-electron chi connectivity index (χ2n) is 7.97. The first-order valence-electron chi connectivity index (χ1n) is 11.6. The van der Waals surface area contributed by atoms with Crippen molar-refractivity contribution in [3.63, 3.8) is 0 Å². The quantitative estimate of drug-likeness (QED) is 0.241. The lowest BCUT2D eigenvalue weighted by Crippen LogP contribution is -2.42. The van der Waals surface area contributed by atoms with Gasteiger partial charge in [0.25, 0.3) is 5.97 Å². The molecule has 0 aliphatic heterocycles. The van der Waals surface area contributed by atoms with Crippen molar-refractivity contribution in [2.45, 2.75) is 77.6 Å². The fraction of sp³-hybridized carbons (Fsp3) is 0.538. The Labute approximate surface area is 189 Å². The zero-order valence-corrected chi connectivity index (χ0v) is 19.3. The van der Waals surface area contributed by atoms with Crippen LogP contribution in [0.1, 0.15) is 77.2 Å². The van der Waals surface area contributed by atoms with E-state index >= 15 is 0 Å². The van der Waals surface area contributed by atoms with Gasteiger partial charge in [0.1, 0.15) is 17.5 Å². The second kappa shape index (κ2) is 13.0. The summed E-state index contributed by atoms with van der Waals surface area (Å²) in [5.74, 6) is -5.14. The summed E-state index contributed by atoms with van der Waals surface area (Å²) in [5.41, 5.74) is 0.753. The third-order valence-electron chi connectivity index (χ3n) is 5.60. The van der Waals surface area contributed by atoms with Gasteiger partial charge in [-0.2, -0.15) is 0 Å². The van der Waals surface area contributed by atoms with Crippen LogP contribution in [0.3, 0.4) is 0 Å². The molecule has 1 N–H and O–H groups in total. The van der Waals surface area contributed by atoms with E-state index < -0.39 is 29.3 Å². The monoisotopic (exact) mass is 452 g/mol. The Hall–Kier alpha value is -1.89. The van der Waals surface area contributed by atoms with E-state index in [1.54, 1.807) is 38.1 Å². The van der Waals surface area contributed by atoms with Crippen molar-refractivity contribution in [1.29, 1.82) is 0 Å². The van der Waals surface area contributed by atoms with Crippen molar-refractivity contribution in [3.05, 3.63) is 59.4 Å². The maximum Gasteiger partial charge on any atom is 0.287 e. The minimum Gasteiger partial charge on any atom is -0.343 e. The van der Waals surface area contributed by atoms with Crippen LogP contribution in [-0.2, 0) is 9.47 Å². The molecule has 0 aliphatic rings. The van der Waals surface area contributed by atoms with Crippen molar-refractivity contribution < 1.29 is 27.8 Å². The van der Waals surface area contributed by atoms with Crippen LogP contribution in [0, 0.1) is 17.5 Å². The lowest BCUT2D eigenvalue weighted by atomic mass is 9.89. The number of benzene rings is 2. The highest BCUT2D eigenvalue weighted by Gasteiger charge is 2.39. The minimum atomic E-state index is -1.79. The van der Waals surface area contributed by atoms with Crippen molar-refractivity contribution in [1.82, 2.24) is 0 Å². The molecule has 0 saturated carbocycles. The Kier molecular flexibility index (Phi) is 10.7. The molecule has 2 aromatic carbocycles. The summed E-state index contributed by atoms with van der Waals surface area (Å²) in [4.78, 5) is 0. The first kappa shape index (κ1) is 26.4. The van der Waals surface area contributed by atoms with E-state index in [0.717, 1.165) is 24.8 Å². The predicted octanol–water partition coefficient (Wildman–Crippen LogP) is 7.32. The molecule has 0 aromatic heterocycles. The van der Waals surface area contributed by atoms with Gasteiger partial charge in [0, 0.05) is 25.3 Å². The third kappa shape index (κ3) is 7.06. The lowest BCUT2D eigenvalue weighted by Gasteiger charge is -2.35. The largest absolute Gasteiger partial charge is 0.343 e. The van der Waals surface area contributed by atoms with Crippen molar-refractivity contribution in [2.75, 3.05) is 13.2 Å². The standard InChI is InChI=1S/C26H35F3O3/c1-4-7-8-9-10-11-12-22(26(30,31-5-2)32-6-3)19-13-15-20(16-14-19)25-23(28)17-21(27)18-24(25)29/h13-18,22,30H,4-12H2,1-3H3. The van der Waals surface area contributed by atoms with Crippen molar-refractivity contribution in [2.24, 2.45) is 0 Å². The number of hydrogen-bond acceptors (Lipinski definition) is 3. The third-order valence-corrected chi connectivity index (χ3v) is 5.60.